The molecule has 0 aromatic rings. The first-order chi connectivity index (χ1) is 2.89. The molecule has 1 aliphatic rings. The molecule has 0 saturated carbocycles. The Balaban J connectivity index is 2.37. The normalized spacial score (nSPS) is 22.3. The van der Waals surface area contributed by atoms with Crippen LogP contribution in [0.5, 0.6) is 0 Å². The highest BCUT2D eigenvalue weighted by Gasteiger charge is 2.09. The first kappa shape index (κ1) is 4.15. The molecule has 3 heteroatoms. The van der Waals surface area contributed by atoms with E-state index in [0.717, 1.165) is 12.0 Å². The Morgan fingerprint density at radius 1 is 1.83 bits per heavy atom. The van der Waals surface area contributed by atoms with Crippen LogP contribution in [0.3, 0.4) is 0 Å². The molecule has 1 aliphatic heterocycles. The number of carbonyl (C=O) groups is 1. The lowest BCUT2D eigenvalue weighted by Crippen LogP contribution is -1.78. The van der Waals surface area contributed by atoms with Gasteiger partial charge in [0.15, 0.2) is 0 Å². The molecule has 2 nitrogen and oxygen atoms in total. The van der Waals surface area contributed by atoms with Crippen LogP contribution >= 0.6 is 12.0 Å². The zero-order valence-corrected chi connectivity index (χ0v) is 3.96. The number of carbonyl (C=O) groups excluding carboxylic acids is 1. The minimum absolute atomic E-state index is 0.148. The molecule has 0 aromatic carbocycles. The third kappa shape index (κ3) is 0.725. The van der Waals surface area contributed by atoms with Gasteiger partial charge in [-0.3, -0.25) is 4.79 Å². The van der Waals surface area contributed by atoms with Gasteiger partial charge >= 0.3 is 0 Å². The fraction of sp³-hybridized carbons (Fsp3) is 0.667. The zero-order chi connectivity index (χ0) is 4.41. The first-order valence-electron chi connectivity index (χ1n) is 1.72. The van der Waals surface area contributed by atoms with Gasteiger partial charge in [0, 0.05) is 6.42 Å². The van der Waals surface area contributed by atoms with Gasteiger partial charge in [0.1, 0.15) is 0 Å². The van der Waals surface area contributed by atoms with Gasteiger partial charge in [0.25, 0.3) is 0 Å². The second-order valence-electron chi connectivity index (χ2n) is 1.03. The van der Waals surface area contributed by atoms with Crippen molar-refractivity contribution in [2.24, 2.45) is 0 Å². The molecule has 0 aliphatic carbocycles. The monoisotopic (exact) mass is 104 g/mol. The Morgan fingerprint density at radius 2 is 2.67 bits per heavy atom. The molecule has 0 atom stereocenters. The van der Waals surface area contributed by atoms with E-state index in [2.05, 4.69) is 4.18 Å². The van der Waals surface area contributed by atoms with Crippen molar-refractivity contribution in [1.29, 1.82) is 0 Å². The van der Waals surface area contributed by atoms with E-state index >= 15 is 0 Å². The van der Waals surface area contributed by atoms with Crippen LogP contribution in [0.2, 0.25) is 0 Å². The molecule has 0 spiro atoms. The molecule has 0 bridgehead atoms. The van der Waals surface area contributed by atoms with Crippen molar-refractivity contribution in [3.8, 4) is 0 Å². The van der Waals surface area contributed by atoms with Crippen LogP contribution in [0.15, 0.2) is 0 Å². The van der Waals surface area contributed by atoms with Gasteiger partial charge < -0.3 is 4.18 Å². The highest BCUT2D eigenvalue weighted by atomic mass is 32.2. The molecule has 0 radical (unpaired) electrons. The van der Waals surface area contributed by atoms with Crippen molar-refractivity contribution in [2.45, 2.75) is 6.42 Å². The summed E-state index contributed by atoms with van der Waals surface area (Å²) >= 11 is 0.958. The molecule has 1 heterocycles. The molecule has 34 valence electrons. The highest BCUT2D eigenvalue weighted by molar-refractivity contribution is 8.09. The van der Waals surface area contributed by atoms with E-state index in [0.29, 0.717) is 13.0 Å². The van der Waals surface area contributed by atoms with Crippen molar-refractivity contribution in [1.82, 2.24) is 0 Å². The smallest absolute Gasteiger partial charge is 0.217 e. The van der Waals surface area contributed by atoms with Crippen LogP contribution in [0.1, 0.15) is 6.42 Å². The summed E-state index contributed by atoms with van der Waals surface area (Å²) in [6, 6.07) is 0. The van der Waals surface area contributed by atoms with E-state index in [9.17, 15) is 4.79 Å². The van der Waals surface area contributed by atoms with Crippen molar-refractivity contribution >= 4 is 17.2 Å². The van der Waals surface area contributed by atoms with Gasteiger partial charge in [-0.15, -0.1) is 0 Å². The Labute approximate surface area is 40.1 Å². The van der Waals surface area contributed by atoms with Crippen LogP contribution in [-0.2, 0) is 8.98 Å². The summed E-state index contributed by atoms with van der Waals surface area (Å²) in [7, 11) is 0. The van der Waals surface area contributed by atoms with E-state index in [1.165, 1.54) is 0 Å². The van der Waals surface area contributed by atoms with Crippen LogP contribution in [0, 0.1) is 0 Å². The molecule has 0 unspecified atom stereocenters. The Kier molecular flexibility index (Phi) is 1.12. The fourth-order valence-corrected chi connectivity index (χ4v) is 0.739. The highest BCUT2D eigenvalue weighted by Crippen LogP contribution is 2.14. The summed E-state index contributed by atoms with van der Waals surface area (Å²) in [4.78, 5) is 10.1. The Hall–Kier alpha value is -0.0200. The standard InChI is InChI=1S/C3H4O2S/c4-3-1-2-5-6-3/h1-2H2. The number of hydrogen-bond donors (Lipinski definition) is 0. The van der Waals surface area contributed by atoms with E-state index < -0.39 is 0 Å². The van der Waals surface area contributed by atoms with Gasteiger partial charge in [0.05, 0.1) is 18.6 Å². The Morgan fingerprint density at radius 3 is 2.83 bits per heavy atom. The van der Waals surface area contributed by atoms with E-state index in [1.807, 2.05) is 0 Å². The lowest BCUT2D eigenvalue weighted by molar-refractivity contribution is -0.110. The van der Waals surface area contributed by atoms with E-state index in [1.54, 1.807) is 0 Å². The lowest BCUT2D eigenvalue weighted by Gasteiger charge is -1.72. The summed E-state index contributed by atoms with van der Waals surface area (Å²) in [5.74, 6) is 0. The second kappa shape index (κ2) is 1.62. The molecule has 1 rings (SSSR count). The quantitative estimate of drug-likeness (QED) is 0.420. The van der Waals surface area contributed by atoms with Gasteiger partial charge in [0.2, 0.25) is 5.12 Å². The minimum Gasteiger partial charge on any atom is -0.307 e. The SMILES string of the molecule is O=C1CCOS1. The molecule has 1 fully saturated rings. The summed E-state index contributed by atoms with van der Waals surface area (Å²) in [5.41, 5.74) is 0. The summed E-state index contributed by atoms with van der Waals surface area (Å²) in [6.45, 7) is 0.601. The third-order valence-electron chi connectivity index (χ3n) is 0.541. The molecule has 0 amide bonds. The molecule has 0 N–H and O–H groups in total. The topological polar surface area (TPSA) is 26.3 Å². The maximum Gasteiger partial charge on any atom is 0.217 e. The number of hydrogen-bond acceptors (Lipinski definition) is 3. The molecule has 1 saturated heterocycles. The van der Waals surface area contributed by atoms with Crippen LogP contribution in [-0.4, -0.2) is 11.7 Å². The predicted octanol–water partition coefficient (Wildman–Crippen LogP) is 0.582. The zero-order valence-electron chi connectivity index (χ0n) is 3.14. The van der Waals surface area contributed by atoms with Crippen molar-refractivity contribution < 1.29 is 8.98 Å². The van der Waals surface area contributed by atoms with E-state index in [-0.39, 0.29) is 5.12 Å². The van der Waals surface area contributed by atoms with Crippen LogP contribution in [0.4, 0.5) is 0 Å². The van der Waals surface area contributed by atoms with E-state index in [4.69, 9.17) is 0 Å². The molecule has 0 aromatic heterocycles. The largest absolute Gasteiger partial charge is 0.307 e. The van der Waals surface area contributed by atoms with Gasteiger partial charge in [-0.25, -0.2) is 0 Å². The molecule has 6 heavy (non-hydrogen) atoms. The number of rotatable bonds is 0. The van der Waals surface area contributed by atoms with Crippen molar-refractivity contribution in [3.63, 3.8) is 0 Å². The van der Waals surface area contributed by atoms with Gasteiger partial charge in [-0.1, -0.05) is 0 Å². The maximum atomic E-state index is 10.1. The maximum absolute atomic E-state index is 10.1. The first-order valence-corrected chi connectivity index (χ1v) is 2.46. The van der Waals surface area contributed by atoms with Crippen LogP contribution < -0.4 is 0 Å². The second-order valence-corrected chi connectivity index (χ2v) is 1.89. The average molecular weight is 104 g/mol. The van der Waals surface area contributed by atoms with Gasteiger partial charge in [-0.2, -0.15) is 0 Å². The molecular weight excluding hydrogens is 100 g/mol. The molecular formula is C3H4O2S. The third-order valence-corrected chi connectivity index (χ3v) is 1.22. The van der Waals surface area contributed by atoms with Gasteiger partial charge in [-0.05, 0) is 0 Å². The minimum atomic E-state index is 0.148. The average Bonchev–Trinajstić information content (AvgIpc) is 1.86. The van der Waals surface area contributed by atoms with Crippen molar-refractivity contribution in [2.75, 3.05) is 6.61 Å². The summed E-state index contributed by atoms with van der Waals surface area (Å²) < 4.78 is 4.62. The summed E-state index contributed by atoms with van der Waals surface area (Å²) in [6.07, 6.45) is 0.588. The van der Waals surface area contributed by atoms with Crippen LogP contribution in [0.25, 0.3) is 0 Å². The Bertz CT molecular complexity index is 63.2. The lowest BCUT2D eigenvalue weighted by atomic mass is 10.5. The summed E-state index contributed by atoms with van der Waals surface area (Å²) in [5, 5.41) is 0.148. The fourth-order valence-electron chi connectivity index (χ4n) is 0.274. The predicted molar refractivity (Wildman–Crippen MR) is 23.2 cm³/mol. The van der Waals surface area contributed by atoms with Crippen molar-refractivity contribution in [3.05, 3.63) is 0 Å².